The molecule has 0 bridgehead atoms. The third-order valence-electron chi connectivity index (χ3n) is 1.46. The topological polar surface area (TPSA) is 51.8 Å². The van der Waals surface area contributed by atoms with E-state index in [-0.39, 0.29) is 0 Å². The Morgan fingerprint density at radius 1 is 1.31 bits per heavy atom. The highest BCUT2D eigenvalue weighted by molar-refractivity contribution is 7.98. The molecule has 1 heterocycles. The molecule has 0 aromatic carbocycles. The van der Waals surface area contributed by atoms with Crippen LogP contribution in [0.25, 0.3) is 0 Å². The van der Waals surface area contributed by atoms with Crippen LogP contribution in [0, 0.1) is 0 Å². The average molecular weight is 238 g/mol. The van der Waals surface area contributed by atoms with Gasteiger partial charge in [-0.25, -0.2) is 9.97 Å². The van der Waals surface area contributed by atoms with Gasteiger partial charge in [0.2, 0.25) is 0 Å². The van der Waals surface area contributed by atoms with Gasteiger partial charge in [-0.2, -0.15) is 0 Å². The van der Waals surface area contributed by atoms with Crippen LogP contribution in [-0.2, 0) is 6.42 Å². The van der Waals surface area contributed by atoms with Crippen LogP contribution in [0.1, 0.15) is 5.56 Å². The van der Waals surface area contributed by atoms with E-state index in [1.165, 1.54) is 11.8 Å². The monoisotopic (exact) mass is 237 g/mol. The fourth-order valence-corrected chi connectivity index (χ4v) is 1.90. The quantitative estimate of drug-likeness (QED) is 0.497. The van der Waals surface area contributed by atoms with E-state index < -0.39 is 0 Å². The van der Waals surface area contributed by atoms with Crippen molar-refractivity contribution in [3.8, 4) is 0 Å². The molecule has 13 heavy (non-hydrogen) atoms. The van der Waals surface area contributed by atoms with Crippen LogP contribution in [0.5, 0.6) is 0 Å². The molecule has 0 aliphatic heterocycles. The van der Waals surface area contributed by atoms with Crippen LogP contribution >= 0.6 is 35.0 Å². The molecule has 0 saturated heterocycles. The number of thioether (sulfide) groups is 1. The van der Waals surface area contributed by atoms with E-state index in [2.05, 4.69) is 9.97 Å². The van der Waals surface area contributed by atoms with Crippen LogP contribution in [0.15, 0.2) is 5.16 Å². The van der Waals surface area contributed by atoms with Crippen molar-refractivity contribution in [1.29, 1.82) is 0 Å². The molecule has 0 amide bonds. The molecular formula is C7H9Cl2N3S. The Bertz CT molecular complexity index is 283. The molecule has 0 fully saturated rings. The fourth-order valence-electron chi connectivity index (χ4n) is 0.855. The van der Waals surface area contributed by atoms with Crippen molar-refractivity contribution in [2.45, 2.75) is 11.6 Å². The summed E-state index contributed by atoms with van der Waals surface area (Å²) in [6.07, 6.45) is 2.47. The third-order valence-corrected chi connectivity index (χ3v) is 2.64. The van der Waals surface area contributed by atoms with Crippen molar-refractivity contribution in [2.75, 3.05) is 12.8 Å². The molecule has 0 spiro atoms. The molecule has 0 aliphatic rings. The lowest BCUT2D eigenvalue weighted by Crippen LogP contribution is -2.06. The van der Waals surface area contributed by atoms with Crippen molar-refractivity contribution in [3.05, 3.63) is 15.9 Å². The minimum atomic E-state index is 0.398. The Morgan fingerprint density at radius 2 is 1.85 bits per heavy atom. The van der Waals surface area contributed by atoms with Crippen LogP contribution in [0.4, 0.5) is 0 Å². The van der Waals surface area contributed by atoms with Crippen LogP contribution < -0.4 is 5.73 Å². The number of nitrogens with two attached hydrogens (primary N) is 1. The first-order valence-electron chi connectivity index (χ1n) is 3.65. The molecule has 1 aromatic rings. The van der Waals surface area contributed by atoms with Crippen LogP contribution in [0.3, 0.4) is 0 Å². The van der Waals surface area contributed by atoms with E-state index in [4.69, 9.17) is 28.9 Å². The summed E-state index contributed by atoms with van der Waals surface area (Å²) in [5, 5.41) is 1.38. The summed E-state index contributed by atoms with van der Waals surface area (Å²) >= 11 is 13.2. The number of aromatic nitrogens is 2. The molecule has 0 radical (unpaired) electrons. The molecule has 0 aliphatic carbocycles. The number of rotatable bonds is 3. The van der Waals surface area contributed by atoms with Gasteiger partial charge in [-0.1, -0.05) is 35.0 Å². The summed E-state index contributed by atoms with van der Waals surface area (Å²) in [4.78, 5) is 8.10. The van der Waals surface area contributed by atoms with E-state index in [1.807, 2.05) is 6.26 Å². The molecule has 1 rings (SSSR count). The SMILES string of the molecule is CSc1nc(Cl)c(CCN)c(Cl)n1. The van der Waals surface area contributed by atoms with E-state index in [0.717, 1.165) is 5.56 Å². The number of halogens is 2. The lowest BCUT2D eigenvalue weighted by Gasteiger charge is -2.04. The summed E-state index contributed by atoms with van der Waals surface area (Å²) < 4.78 is 0. The molecule has 0 unspecified atom stereocenters. The van der Waals surface area contributed by atoms with Gasteiger partial charge in [-0.05, 0) is 19.2 Å². The van der Waals surface area contributed by atoms with Crippen molar-refractivity contribution in [2.24, 2.45) is 5.73 Å². The van der Waals surface area contributed by atoms with Crippen molar-refractivity contribution in [1.82, 2.24) is 9.97 Å². The largest absolute Gasteiger partial charge is 0.330 e. The standard InChI is InChI=1S/C7H9Cl2N3S/c1-13-7-11-5(8)4(2-3-10)6(9)12-7/h2-3,10H2,1H3. The van der Waals surface area contributed by atoms with Gasteiger partial charge in [-0.3, -0.25) is 0 Å². The van der Waals surface area contributed by atoms with Crippen LogP contribution in [-0.4, -0.2) is 22.8 Å². The maximum absolute atomic E-state index is 5.89. The van der Waals surface area contributed by atoms with Gasteiger partial charge in [0.05, 0.1) is 0 Å². The van der Waals surface area contributed by atoms with Gasteiger partial charge in [0.25, 0.3) is 0 Å². The number of hydrogen-bond donors (Lipinski definition) is 1. The zero-order valence-electron chi connectivity index (χ0n) is 7.05. The van der Waals surface area contributed by atoms with Gasteiger partial charge < -0.3 is 5.73 Å². The van der Waals surface area contributed by atoms with Gasteiger partial charge >= 0.3 is 0 Å². The Labute approximate surface area is 91.0 Å². The van der Waals surface area contributed by atoms with Gasteiger partial charge in [-0.15, -0.1) is 0 Å². The smallest absolute Gasteiger partial charge is 0.190 e. The summed E-state index contributed by atoms with van der Waals surface area (Å²) in [5.41, 5.74) is 6.12. The minimum absolute atomic E-state index is 0.398. The van der Waals surface area contributed by atoms with Crippen molar-refractivity contribution >= 4 is 35.0 Å². The van der Waals surface area contributed by atoms with Crippen molar-refractivity contribution in [3.63, 3.8) is 0 Å². The molecule has 72 valence electrons. The Kier molecular flexibility index (Phi) is 4.25. The summed E-state index contributed by atoms with van der Waals surface area (Å²) in [6.45, 7) is 0.488. The van der Waals surface area contributed by atoms with Crippen LogP contribution in [0.2, 0.25) is 10.3 Å². The molecule has 6 heteroatoms. The lowest BCUT2D eigenvalue weighted by atomic mass is 10.2. The molecule has 2 N–H and O–H groups in total. The van der Waals surface area contributed by atoms with E-state index in [9.17, 15) is 0 Å². The predicted octanol–water partition coefficient (Wildman–Crippen LogP) is 2.01. The normalized spacial score (nSPS) is 10.5. The Morgan fingerprint density at radius 3 is 2.23 bits per heavy atom. The molecule has 1 aromatic heterocycles. The number of hydrogen-bond acceptors (Lipinski definition) is 4. The molecular weight excluding hydrogens is 229 g/mol. The Balaban J connectivity index is 3.07. The first kappa shape index (κ1) is 11.0. The van der Waals surface area contributed by atoms with E-state index >= 15 is 0 Å². The third kappa shape index (κ3) is 2.71. The second-order valence-corrected chi connectivity index (χ2v) is 3.80. The maximum atomic E-state index is 5.89. The summed E-state index contributed by atoms with van der Waals surface area (Å²) in [7, 11) is 0. The van der Waals surface area contributed by atoms with Gasteiger partial charge in [0, 0.05) is 5.56 Å². The van der Waals surface area contributed by atoms with Gasteiger partial charge in [0.15, 0.2) is 5.16 Å². The molecule has 0 atom stereocenters. The highest BCUT2D eigenvalue weighted by Crippen LogP contribution is 2.24. The first-order chi connectivity index (χ1) is 6.19. The predicted molar refractivity (Wildman–Crippen MR) is 56.6 cm³/mol. The zero-order chi connectivity index (χ0) is 9.84. The second kappa shape index (κ2) is 5.00. The highest BCUT2D eigenvalue weighted by Gasteiger charge is 2.09. The van der Waals surface area contributed by atoms with E-state index in [1.54, 1.807) is 0 Å². The zero-order valence-corrected chi connectivity index (χ0v) is 9.38. The second-order valence-electron chi connectivity index (χ2n) is 2.31. The van der Waals surface area contributed by atoms with Gasteiger partial charge in [0.1, 0.15) is 10.3 Å². The molecule has 3 nitrogen and oxygen atoms in total. The van der Waals surface area contributed by atoms with E-state index in [0.29, 0.717) is 28.4 Å². The fraction of sp³-hybridized carbons (Fsp3) is 0.429. The lowest BCUT2D eigenvalue weighted by molar-refractivity contribution is 0.893. The summed E-state index contributed by atoms with van der Waals surface area (Å²) in [5.74, 6) is 0. The molecule has 0 saturated carbocycles. The average Bonchev–Trinajstić information content (AvgIpc) is 2.11. The minimum Gasteiger partial charge on any atom is -0.330 e. The maximum Gasteiger partial charge on any atom is 0.190 e. The highest BCUT2D eigenvalue weighted by atomic mass is 35.5. The van der Waals surface area contributed by atoms with Crippen molar-refractivity contribution < 1.29 is 0 Å². The first-order valence-corrected chi connectivity index (χ1v) is 5.63. The summed E-state index contributed by atoms with van der Waals surface area (Å²) in [6, 6.07) is 0. The number of nitrogens with zero attached hydrogens (tertiary/aromatic N) is 2. The Hall–Kier alpha value is -0.0300.